The third kappa shape index (κ3) is 8.94. The molecule has 11 heteroatoms. The van der Waals surface area contributed by atoms with Crippen LogP contribution in [0.4, 0.5) is 0 Å². The SMILES string of the molecule is CCOP(=O)(OCC)[C@H](OS(C)(=O)=O)[C@H](COC(C)=O)N[C@H](C)c1ccccc1. The average Bonchev–Trinajstić information content (AvgIpc) is 2.63. The predicted molar refractivity (Wildman–Crippen MR) is 109 cm³/mol. The number of carbonyl (C=O) groups is 1. The molecule has 3 atom stereocenters. The monoisotopic (exact) mass is 451 g/mol. The number of ether oxygens (including phenoxy) is 1. The molecule has 0 amide bonds. The van der Waals surface area contributed by atoms with Crippen LogP contribution in [-0.4, -0.2) is 52.4 Å². The quantitative estimate of drug-likeness (QED) is 0.274. The topological polar surface area (TPSA) is 117 Å². The van der Waals surface area contributed by atoms with Gasteiger partial charge in [-0.2, -0.15) is 8.42 Å². The molecule has 0 aliphatic heterocycles. The van der Waals surface area contributed by atoms with E-state index >= 15 is 0 Å². The van der Waals surface area contributed by atoms with Crippen molar-refractivity contribution < 1.29 is 35.7 Å². The van der Waals surface area contributed by atoms with E-state index in [1.54, 1.807) is 13.8 Å². The third-order valence-corrected chi connectivity index (χ3v) is 6.80. The molecule has 0 aliphatic rings. The maximum absolute atomic E-state index is 13.4. The second-order valence-electron chi connectivity index (χ2n) is 6.27. The number of hydrogen-bond donors (Lipinski definition) is 1. The van der Waals surface area contributed by atoms with E-state index < -0.39 is 35.6 Å². The van der Waals surface area contributed by atoms with Crippen LogP contribution >= 0.6 is 7.60 Å². The van der Waals surface area contributed by atoms with Gasteiger partial charge in [0.15, 0.2) is 5.85 Å². The standard InChI is InChI=1S/C18H30NO8PS/c1-6-25-28(21,26-7-2)18(27-29(5,22)23)17(13-24-15(4)20)19-14(3)16-11-9-8-10-12-16/h8-12,14,17-19H,6-7,13H2,1-5H3/t14-,17+,18+/m1/s1. The highest BCUT2D eigenvalue weighted by Crippen LogP contribution is 2.55. The molecule has 0 unspecified atom stereocenters. The van der Waals surface area contributed by atoms with E-state index in [1.807, 2.05) is 37.3 Å². The normalized spacial score (nSPS) is 15.5. The van der Waals surface area contributed by atoms with Crippen molar-refractivity contribution in [3.63, 3.8) is 0 Å². The largest absolute Gasteiger partial charge is 0.464 e. The number of nitrogens with one attached hydrogen (secondary N) is 1. The van der Waals surface area contributed by atoms with Crippen LogP contribution in [0.5, 0.6) is 0 Å². The van der Waals surface area contributed by atoms with Crippen molar-refractivity contribution >= 4 is 23.7 Å². The van der Waals surface area contributed by atoms with Gasteiger partial charge in [-0.15, -0.1) is 0 Å². The molecule has 0 bridgehead atoms. The Morgan fingerprint density at radius 2 is 1.69 bits per heavy atom. The van der Waals surface area contributed by atoms with Crippen molar-refractivity contribution in [2.45, 2.75) is 45.6 Å². The Morgan fingerprint density at radius 1 is 1.14 bits per heavy atom. The fraction of sp³-hybridized carbons (Fsp3) is 0.611. The highest BCUT2D eigenvalue weighted by molar-refractivity contribution is 7.86. The van der Waals surface area contributed by atoms with Crippen LogP contribution in [0, 0.1) is 0 Å². The van der Waals surface area contributed by atoms with Crippen molar-refractivity contribution in [2.24, 2.45) is 0 Å². The van der Waals surface area contributed by atoms with E-state index in [0.717, 1.165) is 11.8 Å². The lowest BCUT2D eigenvalue weighted by Gasteiger charge is -2.33. The molecule has 29 heavy (non-hydrogen) atoms. The zero-order chi connectivity index (χ0) is 22.1. The Balaban J connectivity index is 3.32. The highest BCUT2D eigenvalue weighted by Gasteiger charge is 2.45. The van der Waals surface area contributed by atoms with Gasteiger partial charge in [-0.1, -0.05) is 30.3 Å². The van der Waals surface area contributed by atoms with E-state index in [2.05, 4.69) is 5.32 Å². The van der Waals surface area contributed by atoms with Crippen molar-refractivity contribution in [3.8, 4) is 0 Å². The minimum atomic E-state index is -4.04. The van der Waals surface area contributed by atoms with Gasteiger partial charge in [-0.3, -0.25) is 13.5 Å². The lowest BCUT2D eigenvalue weighted by molar-refractivity contribution is -0.142. The average molecular weight is 451 g/mol. The van der Waals surface area contributed by atoms with Crippen LogP contribution in [0.2, 0.25) is 0 Å². The Bertz CT molecular complexity index is 776. The molecule has 0 aromatic heterocycles. The number of esters is 1. The molecule has 0 aliphatic carbocycles. The summed E-state index contributed by atoms with van der Waals surface area (Å²) in [5, 5.41) is 3.13. The van der Waals surface area contributed by atoms with Gasteiger partial charge in [-0.25, -0.2) is 0 Å². The number of benzene rings is 1. The molecule has 1 aromatic carbocycles. The first kappa shape index (κ1) is 25.7. The van der Waals surface area contributed by atoms with Gasteiger partial charge >= 0.3 is 13.6 Å². The Kier molecular flexibility index (Phi) is 10.5. The Hall–Kier alpha value is -1.29. The maximum atomic E-state index is 13.4. The molecule has 0 saturated heterocycles. The second kappa shape index (κ2) is 11.8. The van der Waals surface area contributed by atoms with E-state index in [0.29, 0.717) is 0 Å². The second-order valence-corrected chi connectivity index (χ2v) is 9.98. The van der Waals surface area contributed by atoms with Crippen molar-refractivity contribution in [3.05, 3.63) is 35.9 Å². The van der Waals surface area contributed by atoms with Gasteiger partial charge in [0.2, 0.25) is 0 Å². The van der Waals surface area contributed by atoms with E-state index in [9.17, 15) is 17.8 Å². The fourth-order valence-electron chi connectivity index (χ4n) is 2.64. The predicted octanol–water partition coefficient (Wildman–Crippen LogP) is 2.84. The highest BCUT2D eigenvalue weighted by atomic mass is 32.2. The summed E-state index contributed by atoms with van der Waals surface area (Å²) in [4.78, 5) is 11.4. The van der Waals surface area contributed by atoms with Gasteiger partial charge in [-0.05, 0) is 26.3 Å². The minimum absolute atomic E-state index is 0.00935. The van der Waals surface area contributed by atoms with Crippen molar-refractivity contribution in [1.82, 2.24) is 5.32 Å². The molecule has 0 radical (unpaired) electrons. The van der Waals surface area contributed by atoms with Crippen molar-refractivity contribution in [1.29, 1.82) is 0 Å². The van der Waals surface area contributed by atoms with E-state index in [1.165, 1.54) is 6.92 Å². The summed E-state index contributed by atoms with van der Waals surface area (Å²) in [6, 6.07) is 8.01. The zero-order valence-electron chi connectivity index (χ0n) is 17.4. The Labute approximate surface area is 172 Å². The summed E-state index contributed by atoms with van der Waals surface area (Å²) >= 11 is 0. The molecule has 0 saturated carbocycles. The van der Waals surface area contributed by atoms with Gasteiger partial charge in [0.25, 0.3) is 10.1 Å². The van der Waals surface area contributed by atoms with Gasteiger partial charge in [0.05, 0.1) is 25.5 Å². The molecular formula is C18H30NO8PS. The number of rotatable bonds is 13. The summed E-state index contributed by atoms with van der Waals surface area (Å²) < 4.78 is 58.0. The molecule has 1 aromatic rings. The molecule has 1 N–H and O–H groups in total. The lowest BCUT2D eigenvalue weighted by Crippen LogP contribution is -2.47. The van der Waals surface area contributed by atoms with Crippen LogP contribution in [0.25, 0.3) is 0 Å². The van der Waals surface area contributed by atoms with Crippen LogP contribution in [0.1, 0.15) is 39.3 Å². The first-order valence-electron chi connectivity index (χ1n) is 9.23. The van der Waals surface area contributed by atoms with Crippen LogP contribution in [-0.2, 0) is 37.4 Å². The summed E-state index contributed by atoms with van der Waals surface area (Å²) in [6.07, 6.45) is 0.839. The number of carbonyl (C=O) groups excluding carboxylic acids is 1. The summed E-state index contributed by atoms with van der Waals surface area (Å²) in [6.45, 7) is 5.98. The Morgan fingerprint density at radius 3 is 2.14 bits per heavy atom. The summed E-state index contributed by atoms with van der Waals surface area (Å²) in [5.41, 5.74) is 0.890. The third-order valence-electron chi connectivity index (χ3n) is 3.78. The van der Waals surface area contributed by atoms with E-state index in [4.69, 9.17) is 18.0 Å². The fourth-order valence-corrected chi connectivity index (χ4v) is 5.73. The smallest absolute Gasteiger partial charge is 0.362 e. The lowest BCUT2D eigenvalue weighted by atomic mass is 10.1. The first-order chi connectivity index (χ1) is 13.5. The van der Waals surface area contributed by atoms with Crippen LogP contribution in [0.3, 0.4) is 0 Å². The number of hydrogen-bond acceptors (Lipinski definition) is 9. The molecule has 9 nitrogen and oxygen atoms in total. The van der Waals surface area contributed by atoms with Crippen molar-refractivity contribution in [2.75, 3.05) is 26.1 Å². The van der Waals surface area contributed by atoms with Crippen LogP contribution in [0.15, 0.2) is 30.3 Å². The first-order valence-corrected chi connectivity index (χ1v) is 12.7. The molecule has 166 valence electrons. The molecule has 0 spiro atoms. The summed E-state index contributed by atoms with van der Waals surface area (Å²) in [7, 11) is -8.08. The molecule has 0 heterocycles. The summed E-state index contributed by atoms with van der Waals surface area (Å²) in [5.74, 6) is -2.13. The molecule has 1 rings (SSSR count). The zero-order valence-corrected chi connectivity index (χ0v) is 19.1. The van der Waals surface area contributed by atoms with E-state index in [-0.39, 0.29) is 25.9 Å². The van der Waals surface area contributed by atoms with Gasteiger partial charge in [0.1, 0.15) is 6.61 Å². The minimum Gasteiger partial charge on any atom is -0.464 e. The molecule has 0 fully saturated rings. The maximum Gasteiger partial charge on any atom is 0.362 e. The van der Waals surface area contributed by atoms with Crippen LogP contribution < -0.4 is 5.32 Å². The van der Waals surface area contributed by atoms with Gasteiger partial charge < -0.3 is 19.1 Å². The van der Waals surface area contributed by atoms with Gasteiger partial charge in [0, 0.05) is 13.0 Å². The molecular weight excluding hydrogens is 421 g/mol.